The first-order valence-electron chi connectivity index (χ1n) is 6.47. The van der Waals surface area contributed by atoms with Gasteiger partial charge in [0.05, 0.1) is 0 Å². The van der Waals surface area contributed by atoms with Gasteiger partial charge in [0.2, 0.25) is 5.88 Å². The van der Waals surface area contributed by atoms with Crippen LogP contribution in [0.4, 0.5) is 0 Å². The smallest absolute Gasteiger partial charge is 0.219 e. The van der Waals surface area contributed by atoms with Gasteiger partial charge in [0.25, 0.3) is 0 Å². The molecule has 0 aliphatic carbocycles. The van der Waals surface area contributed by atoms with E-state index >= 15 is 0 Å². The molecule has 3 rings (SSSR count). The van der Waals surface area contributed by atoms with Crippen molar-refractivity contribution in [2.45, 2.75) is 13.0 Å². The Labute approximate surface area is 117 Å². The van der Waals surface area contributed by atoms with E-state index in [0.29, 0.717) is 11.6 Å². The first-order valence-corrected chi connectivity index (χ1v) is 6.47. The second-order valence-corrected chi connectivity index (χ2v) is 4.65. The van der Waals surface area contributed by atoms with Crippen LogP contribution in [0, 0.1) is 0 Å². The zero-order valence-corrected chi connectivity index (χ0v) is 11.2. The number of pyridine rings is 2. The van der Waals surface area contributed by atoms with Gasteiger partial charge in [-0.3, -0.25) is 4.98 Å². The molecule has 0 fully saturated rings. The van der Waals surface area contributed by atoms with Gasteiger partial charge in [-0.25, -0.2) is 4.98 Å². The highest BCUT2D eigenvalue weighted by atomic mass is 16.5. The highest BCUT2D eigenvalue weighted by molar-refractivity contribution is 5.84. The Hall–Kier alpha value is -2.46. The lowest BCUT2D eigenvalue weighted by molar-refractivity contribution is 0.465. The minimum Gasteiger partial charge on any atom is -0.437 e. The maximum absolute atomic E-state index is 5.87. The van der Waals surface area contributed by atoms with Crippen molar-refractivity contribution < 1.29 is 4.74 Å². The third kappa shape index (κ3) is 2.46. The molecule has 0 bridgehead atoms. The molecule has 0 radical (unpaired) electrons. The summed E-state index contributed by atoms with van der Waals surface area (Å²) >= 11 is 0. The van der Waals surface area contributed by atoms with E-state index in [0.717, 1.165) is 16.5 Å². The van der Waals surface area contributed by atoms with E-state index in [1.54, 1.807) is 12.4 Å². The van der Waals surface area contributed by atoms with Crippen molar-refractivity contribution in [3.05, 3.63) is 60.4 Å². The quantitative estimate of drug-likeness (QED) is 0.788. The van der Waals surface area contributed by atoms with Crippen LogP contribution in [0.25, 0.3) is 10.9 Å². The number of nitrogens with two attached hydrogens (primary N) is 1. The van der Waals surface area contributed by atoms with Gasteiger partial charge >= 0.3 is 0 Å². The molecule has 4 nitrogen and oxygen atoms in total. The van der Waals surface area contributed by atoms with Crippen molar-refractivity contribution in [2.75, 3.05) is 0 Å². The van der Waals surface area contributed by atoms with Gasteiger partial charge in [-0.2, -0.15) is 0 Å². The number of rotatable bonds is 3. The van der Waals surface area contributed by atoms with Crippen molar-refractivity contribution in [3.63, 3.8) is 0 Å². The van der Waals surface area contributed by atoms with Crippen molar-refractivity contribution in [2.24, 2.45) is 5.73 Å². The Morgan fingerprint density at radius 2 is 1.90 bits per heavy atom. The summed E-state index contributed by atoms with van der Waals surface area (Å²) in [4.78, 5) is 8.58. The maximum atomic E-state index is 5.87. The van der Waals surface area contributed by atoms with E-state index in [-0.39, 0.29) is 6.04 Å². The van der Waals surface area contributed by atoms with E-state index in [1.807, 2.05) is 49.4 Å². The van der Waals surface area contributed by atoms with Gasteiger partial charge < -0.3 is 10.5 Å². The lowest BCUT2D eigenvalue weighted by Gasteiger charge is -2.10. The number of fused-ring (bicyclic) bond motifs is 1. The number of nitrogens with zero attached hydrogens (tertiary/aromatic N) is 2. The summed E-state index contributed by atoms with van der Waals surface area (Å²) in [6.45, 7) is 1.93. The Bertz CT molecular complexity index is 735. The first-order chi connectivity index (χ1) is 9.74. The van der Waals surface area contributed by atoms with Crippen LogP contribution in [0.3, 0.4) is 0 Å². The van der Waals surface area contributed by atoms with Crippen LogP contribution in [0.15, 0.2) is 54.9 Å². The molecule has 2 N–H and O–H groups in total. The fourth-order valence-electron chi connectivity index (χ4n) is 2.04. The van der Waals surface area contributed by atoms with Crippen molar-refractivity contribution in [1.82, 2.24) is 9.97 Å². The largest absolute Gasteiger partial charge is 0.437 e. The molecule has 3 aromatic rings. The van der Waals surface area contributed by atoms with Crippen molar-refractivity contribution >= 4 is 10.9 Å². The molecule has 0 spiro atoms. The first kappa shape index (κ1) is 12.6. The summed E-state index contributed by atoms with van der Waals surface area (Å²) in [5, 5.41) is 1.04. The summed E-state index contributed by atoms with van der Waals surface area (Å²) in [6, 6.07) is 13.4. The number of para-hydroxylation sites is 1. The highest BCUT2D eigenvalue weighted by Gasteiger charge is 2.07. The van der Waals surface area contributed by atoms with Gasteiger partial charge in [-0.05, 0) is 30.7 Å². The number of aromatic nitrogens is 2. The second-order valence-electron chi connectivity index (χ2n) is 4.65. The molecule has 0 aliphatic heterocycles. The van der Waals surface area contributed by atoms with E-state index in [1.165, 1.54) is 0 Å². The van der Waals surface area contributed by atoms with Crippen LogP contribution < -0.4 is 10.5 Å². The topological polar surface area (TPSA) is 61.0 Å². The summed E-state index contributed by atoms with van der Waals surface area (Å²) in [5.41, 5.74) is 7.68. The number of hydrogen-bond donors (Lipinski definition) is 1. The van der Waals surface area contributed by atoms with Crippen LogP contribution in [0.2, 0.25) is 0 Å². The van der Waals surface area contributed by atoms with Crippen molar-refractivity contribution in [1.29, 1.82) is 0 Å². The molecular formula is C16H15N3O. The third-order valence-electron chi connectivity index (χ3n) is 3.09. The van der Waals surface area contributed by atoms with Gasteiger partial charge in [0.15, 0.2) is 5.75 Å². The Morgan fingerprint density at radius 1 is 1.05 bits per heavy atom. The molecule has 2 heterocycles. The van der Waals surface area contributed by atoms with Crippen LogP contribution in [-0.2, 0) is 0 Å². The number of hydrogen-bond acceptors (Lipinski definition) is 4. The van der Waals surface area contributed by atoms with E-state index < -0.39 is 0 Å². The van der Waals surface area contributed by atoms with Crippen LogP contribution >= 0.6 is 0 Å². The summed E-state index contributed by atoms with van der Waals surface area (Å²) < 4.78 is 5.85. The van der Waals surface area contributed by atoms with Gasteiger partial charge in [0, 0.05) is 29.9 Å². The van der Waals surface area contributed by atoms with Crippen LogP contribution in [0.1, 0.15) is 18.5 Å². The molecule has 4 heteroatoms. The highest BCUT2D eigenvalue weighted by Crippen LogP contribution is 2.27. The molecule has 0 saturated carbocycles. The Morgan fingerprint density at radius 3 is 2.75 bits per heavy atom. The predicted molar refractivity (Wildman–Crippen MR) is 78.7 cm³/mol. The summed E-state index contributed by atoms with van der Waals surface area (Å²) in [6.07, 6.45) is 3.45. The zero-order chi connectivity index (χ0) is 13.9. The Balaban J connectivity index is 1.99. The monoisotopic (exact) mass is 265 g/mol. The molecular weight excluding hydrogens is 250 g/mol. The van der Waals surface area contributed by atoms with Crippen molar-refractivity contribution in [3.8, 4) is 11.6 Å². The summed E-state index contributed by atoms with van der Waals surface area (Å²) in [7, 11) is 0. The lowest BCUT2D eigenvalue weighted by Crippen LogP contribution is -2.05. The van der Waals surface area contributed by atoms with Crippen LogP contribution in [-0.4, -0.2) is 9.97 Å². The molecule has 0 saturated heterocycles. The molecule has 0 unspecified atom stereocenters. The predicted octanol–water partition coefficient (Wildman–Crippen LogP) is 3.44. The molecule has 100 valence electrons. The molecule has 1 atom stereocenters. The summed E-state index contributed by atoms with van der Waals surface area (Å²) in [5.74, 6) is 1.22. The molecule has 20 heavy (non-hydrogen) atoms. The van der Waals surface area contributed by atoms with Gasteiger partial charge in [-0.1, -0.05) is 18.2 Å². The molecule has 1 aromatic carbocycles. The number of ether oxygens (including phenoxy) is 1. The SMILES string of the molecule is C[C@H](N)c1ccnc(Oc2cccc3cccnc23)c1. The standard InChI is InChI=1S/C16H15N3O/c1-11(17)13-7-9-18-15(10-13)20-14-6-2-4-12-5-3-8-19-16(12)14/h2-11H,17H2,1H3/t11-/m0/s1. The second kappa shape index (κ2) is 5.27. The lowest BCUT2D eigenvalue weighted by atomic mass is 10.1. The third-order valence-corrected chi connectivity index (χ3v) is 3.09. The van der Waals surface area contributed by atoms with Gasteiger partial charge in [0.1, 0.15) is 5.52 Å². The minimum atomic E-state index is -0.0500. The molecule has 0 aliphatic rings. The van der Waals surface area contributed by atoms with E-state index in [2.05, 4.69) is 9.97 Å². The normalized spacial score (nSPS) is 12.3. The van der Waals surface area contributed by atoms with E-state index in [4.69, 9.17) is 10.5 Å². The average molecular weight is 265 g/mol. The van der Waals surface area contributed by atoms with Gasteiger partial charge in [-0.15, -0.1) is 0 Å². The fourth-order valence-corrected chi connectivity index (χ4v) is 2.04. The average Bonchev–Trinajstić information content (AvgIpc) is 2.48. The Kier molecular flexibility index (Phi) is 3.31. The van der Waals surface area contributed by atoms with E-state index in [9.17, 15) is 0 Å². The molecule has 2 aromatic heterocycles. The van der Waals surface area contributed by atoms with Crippen LogP contribution in [0.5, 0.6) is 11.6 Å². The number of benzene rings is 1. The zero-order valence-electron chi connectivity index (χ0n) is 11.2. The minimum absolute atomic E-state index is 0.0500. The fraction of sp³-hybridized carbons (Fsp3) is 0.125. The molecule has 0 amide bonds. The maximum Gasteiger partial charge on any atom is 0.219 e.